The highest BCUT2D eigenvalue weighted by Gasteiger charge is 2.36. The van der Waals surface area contributed by atoms with Crippen molar-refractivity contribution in [3.05, 3.63) is 39.9 Å². The fraction of sp³-hybridized carbons (Fsp3) is 0.500. The number of carbonyl (C=O) groups excluding carboxylic acids is 1. The number of nitrogens with zero attached hydrogens (tertiary/aromatic N) is 2. The van der Waals surface area contributed by atoms with Crippen LogP contribution < -0.4 is 21.4 Å². The Balaban J connectivity index is 1.68. The van der Waals surface area contributed by atoms with Gasteiger partial charge in [0.05, 0.1) is 17.2 Å². The van der Waals surface area contributed by atoms with Gasteiger partial charge >= 0.3 is 5.97 Å². The Bertz CT molecular complexity index is 1120. The van der Waals surface area contributed by atoms with E-state index in [0.29, 0.717) is 30.8 Å². The maximum atomic E-state index is 15.1. The van der Waals surface area contributed by atoms with E-state index in [9.17, 15) is 19.5 Å². The molecule has 166 valence electrons. The number of nitrogens with one attached hydrogen (secondary N) is 1. The van der Waals surface area contributed by atoms with Gasteiger partial charge in [0.25, 0.3) is 0 Å². The molecule has 0 spiro atoms. The molecule has 8 nitrogen and oxygen atoms in total. The molecule has 1 saturated heterocycles. The van der Waals surface area contributed by atoms with E-state index in [2.05, 4.69) is 5.32 Å². The first kappa shape index (κ1) is 21.3. The van der Waals surface area contributed by atoms with Crippen LogP contribution in [0, 0.1) is 11.2 Å². The zero-order valence-corrected chi connectivity index (χ0v) is 17.7. The smallest absolute Gasteiger partial charge is 0.341 e. The van der Waals surface area contributed by atoms with E-state index in [1.807, 2.05) is 11.8 Å². The van der Waals surface area contributed by atoms with Crippen molar-refractivity contribution in [3.63, 3.8) is 0 Å². The van der Waals surface area contributed by atoms with Crippen molar-refractivity contribution in [3.8, 4) is 0 Å². The van der Waals surface area contributed by atoms with E-state index in [4.69, 9.17) is 5.73 Å². The van der Waals surface area contributed by atoms with Gasteiger partial charge in [-0.1, -0.05) is 6.92 Å². The average molecular weight is 430 g/mol. The second-order valence-electron chi connectivity index (χ2n) is 9.12. The fourth-order valence-corrected chi connectivity index (χ4v) is 4.24. The minimum atomic E-state index is -1.31. The van der Waals surface area contributed by atoms with E-state index in [-0.39, 0.29) is 28.3 Å². The first-order valence-electron chi connectivity index (χ1n) is 10.5. The number of halogens is 1. The van der Waals surface area contributed by atoms with Crippen molar-refractivity contribution >= 4 is 28.5 Å². The van der Waals surface area contributed by atoms with Crippen molar-refractivity contribution < 1.29 is 19.1 Å². The number of hydrogen-bond donors (Lipinski definition) is 3. The highest BCUT2D eigenvalue weighted by Crippen LogP contribution is 2.39. The van der Waals surface area contributed by atoms with Crippen LogP contribution in [-0.4, -0.2) is 47.2 Å². The largest absolute Gasteiger partial charge is 0.477 e. The summed E-state index contributed by atoms with van der Waals surface area (Å²) in [7, 11) is 0. The molecular formula is C22H27FN4O4. The topological polar surface area (TPSA) is 118 Å². The Labute approximate surface area is 178 Å². The maximum Gasteiger partial charge on any atom is 0.341 e. The number of aromatic carboxylic acids is 1. The van der Waals surface area contributed by atoms with Gasteiger partial charge in [0, 0.05) is 42.7 Å². The van der Waals surface area contributed by atoms with Crippen molar-refractivity contribution in [2.45, 2.75) is 45.2 Å². The lowest BCUT2D eigenvalue weighted by Gasteiger charge is -2.27. The summed E-state index contributed by atoms with van der Waals surface area (Å²) >= 11 is 0. The summed E-state index contributed by atoms with van der Waals surface area (Å²) in [4.78, 5) is 37.9. The average Bonchev–Trinajstić information content (AvgIpc) is 3.48. The normalized spacial score (nSPS) is 22.0. The molecule has 2 aliphatic rings. The lowest BCUT2D eigenvalue weighted by molar-refractivity contribution is -0.122. The number of nitrogens with two attached hydrogens (primary N) is 1. The molecule has 4 N–H and O–H groups in total. The van der Waals surface area contributed by atoms with Crippen LogP contribution in [0.3, 0.4) is 0 Å². The molecule has 2 heterocycles. The third kappa shape index (κ3) is 4.01. The first-order valence-corrected chi connectivity index (χ1v) is 10.5. The van der Waals surface area contributed by atoms with E-state index in [0.717, 1.165) is 25.3 Å². The summed E-state index contributed by atoms with van der Waals surface area (Å²) in [5, 5.41) is 12.3. The zero-order valence-electron chi connectivity index (χ0n) is 17.7. The van der Waals surface area contributed by atoms with Gasteiger partial charge in [0.15, 0.2) is 0 Å². The molecule has 31 heavy (non-hydrogen) atoms. The minimum Gasteiger partial charge on any atom is -0.477 e. The molecule has 1 aliphatic carbocycles. The second-order valence-corrected chi connectivity index (χ2v) is 9.12. The molecule has 0 bridgehead atoms. The number of carboxylic acids is 1. The number of pyridine rings is 1. The summed E-state index contributed by atoms with van der Waals surface area (Å²) in [6, 6.07) is 2.35. The molecule has 1 aromatic carbocycles. The standard InChI is InChI=1S/C22H27FN4O4/c1-12(24)20(29)25-10-22(2)5-6-26(11-22)18-8-17-14(7-16(18)23)19(28)15(21(30)31)9-27(17)13-3-4-13/h7-9,12-13H,3-6,10-11,24H2,1-2H3,(H,25,29)(H,30,31). The molecule has 4 rings (SSSR count). The van der Waals surface area contributed by atoms with Crippen molar-refractivity contribution in [2.24, 2.45) is 11.1 Å². The first-order chi connectivity index (χ1) is 14.6. The van der Waals surface area contributed by atoms with Crippen LogP contribution in [0.5, 0.6) is 0 Å². The molecule has 1 aliphatic heterocycles. The van der Waals surface area contributed by atoms with Crippen LogP contribution in [-0.2, 0) is 4.79 Å². The summed E-state index contributed by atoms with van der Waals surface area (Å²) in [5.74, 6) is -2.09. The molecule has 2 unspecified atom stereocenters. The van der Waals surface area contributed by atoms with Gasteiger partial charge in [-0.05, 0) is 38.3 Å². The molecule has 1 aromatic heterocycles. The Hall–Kier alpha value is -2.94. The SMILES string of the molecule is CC(N)C(=O)NCC1(C)CCN(c2cc3c(cc2F)c(=O)c(C(=O)O)cn3C2CC2)C1. The number of fused-ring (bicyclic) bond motifs is 1. The Kier molecular flexibility index (Phi) is 5.25. The lowest BCUT2D eigenvalue weighted by Crippen LogP contribution is -2.44. The zero-order chi connectivity index (χ0) is 22.5. The molecule has 1 amide bonds. The predicted molar refractivity (Wildman–Crippen MR) is 115 cm³/mol. The second kappa shape index (κ2) is 7.64. The Morgan fingerprint density at radius 3 is 2.71 bits per heavy atom. The number of hydrogen-bond acceptors (Lipinski definition) is 5. The van der Waals surface area contributed by atoms with Gasteiger partial charge in [-0.3, -0.25) is 9.59 Å². The quantitative estimate of drug-likeness (QED) is 0.644. The van der Waals surface area contributed by atoms with E-state index >= 15 is 4.39 Å². The minimum absolute atomic E-state index is 0.0826. The summed E-state index contributed by atoms with van der Waals surface area (Å²) in [6.07, 6.45) is 3.93. The molecule has 2 aromatic rings. The summed E-state index contributed by atoms with van der Waals surface area (Å²) < 4.78 is 16.9. The van der Waals surface area contributed by atoms with Crippen LogP contribution in [0.2, 0.25) is 0 Å². The molecule has 1 saturated carbocycles. The predicted octanol–water partition coefficient (Wildman–Crippen LogP) is 1.85. The summed E-state index contributed by atoms with van der Waals surface area (Å²) in [5.41, 5.74) is 5.28. The molecule has 0 radical (unpaired) electrons. The van der Waals surface area contributed by atoms with Crippen LogP contribution in [0.15, 0.2) is 23.1 Å². The number of carboxylic acid groups (broad SMARTS) is 1. The third-order valence-electron chi connectivity index (χ3n) is 6.27. The van der Waals surface area contributed by atoms with Gasteiger partial charge in [-0.15, -0.1) is 0 Å². The van der Waals surface area contributed by atoms with Crippen molar-refractivity contribution in [1.29, 1.82) is 0 Å². The third-order valence-corrected chi connectivity index (χ3v) is 6.27. The highest BCUT2D eigenvalue weighted by molar-refractivity contribution is 5.93. The van der Waals surface area contributed by atoms with Gasteiger partial charge in [0.2, 0.25) is 11.3 Å². The van der Waals surface area contributed by atoms with E-state index in [1.54, 1.807) is 17.6 Å². The van der Waals surface area contributed by atoms with E-state index < -0.39 is 23.3 Å². The van der Waals surface area contributed by atoms with Gasteiger partial charge in [-0.25, -0.2) is 9.18 Å². The Morgan fingerprint density at radius 2 is 2.10 bits per heavy atom. The van der Waals surface area contributed by atoms with Gasteiger partial charge in [0.1, 0.15) is 11.4 Å². The van der Waals surface area contributed by atoms with Crippen LogP contribution in [0.1, 0.15) is 49.5 Å². The molecule has 2 fully saturated rings. The number of benzene rings is 1. The van der Waals surface area contributed by atoms with Crippen LogP contribution in [0.4, 0.5) is 10.1 Å². The molecule has 2 atom stereocenters. The highest BCUT2D eigenvalue weighted by atomic mass is 19.1. The maximum absolute atomic E-state index is 15.1. The van der Waals surface area contributed by atoms with Crippen LogP contribution in [0.25, 0.3) is 10.9 Å². The summed E-state index contributed by atoms with van der Waals surface area (Å²) in [6.45, 7) is 5.24. The number of rotatable bonds is 6. The monoisotopic (exact) mass is 430 g/mol. The van der Waals surface area contributed by atoms with Crippen molar-refractivity contribution in [2.75, 3.05) is 24.5 Å². The lowest BCUT2D eigenvalue weighted by atomic mass is 9.89. The molecule has 9 heteroatoms. The molecular weight excluding hydrogens is 403 g/mol. The van der Waals surface area contributed by atoms with E-state index in [1.165, 1.54) is 6.20 Å². The number of aromatic nitrogens is 1. The number of anilines is 1. The van der Waals surface area contributed by atoms with Gasteiger partial charge in [-0.2, -0.15) is 0 Å². The Morgan fingerprint density at radius 1 is 1.39 bits per heavy atom. The number of carbonyl (C=O) groups is 2. The number of amides is 1. The van der Waals surface area contributed by atoms with Gasteiger partial charge < -0.3 is 25.6 Å². The van der Waals surface area contributed by atoms with Crippen LogP contribution >= 0.6 is 0 Å². The van der Waals surface area contributed by atoms with Crippen molar-refractivity contribution in [1.82, 2.24) is 9.88 Å². The fourth-order valence-electron chi connectivity index (χ4n) is 4.24.